The van der Waals surface area contributed by atoms with Gasteiger partial charge in [0.15, 0.2) is 11.6 Å². The Labute approximate surface area is 158 Å². The third-order valence-electron chi connectivity index (χ3n) is 3.68. The molecule has 2 N–H and O–H groups in total. The minimum Gasteiger partial charge on any atom is -0.339 e. The highest BCUT2D eigenvalue weighted by Gasteiger charge is 2.31. The summed E-state index contributed by atoms with van der Waals surface area (Å²) in [6.07, 6.45) is -6.06. The summed E-state index contributed by atoms with van der Waals surface area (Å²) >= 11 is 0. The molecule has 0 aliphatic heterocycles. The molecule has 0 saturated carbocycles. The molecule has 1 amide bonds. The van der Waals surface area contributed by atoms with Gasteiger partial charge in [0.25, 0.3) is 0 Å². The van der Waals surface area contributed by atoms with Gasteiger partial charge in [-0.05, 0) is 56.3 Å². The molecule has 146 valence electrons. The third-order valence-corrected chi connectivity index (χ3v) is 3.68. The molecule has 0 spiro atoms. The van der Waals surface area contributed by atoms with Crippen LogP contribution in [0.1, 0.15) is 17.8 Å². The van der Waals surface area contributed by atoms with Crippen LogP contribution in [0.4, 0.5) is 30.4 Å². The van der Waals surface area contributed by atoms with E-state index in [1.807, 2.05) is 19.9 Å². The minimum absolute atomic E-state index is 0.269. The van der Waals surface area contributed by atoms with Gasteiger partial charge in [-0.1, -0.05) is 0 Å². The Hall–Kier alpha value is -3.43. The number of hydrogen-bond acceptors (Lipinski definition) is 5. The van der Waals surface area contributed by atoms with E-state index in [2.05, 4.69) is 25.9 Å². The number of amides is 1. The molecule has 0 fully saturated rings. The van der Waals surface area contributed by atoms with Crippen molar-refractivity contribution in [2.45, 2.75) is 26.4 Å². The van der Waals surface area contributed by atoms with Crippen LogP contribution < -0.4 is 10.6 Å². The molecule has 3 rings (SSSR count). The van der Waals surface area contributed by atoms with Gasteiger partial charge in [0.05, 0.1) is 5.69 Å². The van der Waals surface area contributed by atoms with Gasteiger partial charge < -0.3 is 10.6 Å². The van der Waals surface area contributed by atoms with Crippen molar-refractivity contribution >= 4 is 23.1 Å². The highest BCUT2D eigenvalue weighted by molar-refractivity contribution is 5.91. The van der Waals surface area contributed by atoms with Gasteiger partial charge in [-0.3, -0.25) is 4.79 Å². The van der Waals surface area contributed by atoms with Gasteiger partial charge in [0.1, 0.15) is 6.42 Å². The van der Waals surface area contributed by atoms with Crippen LogP contribution in [-0.4, -0.2) is 32.1 Å². The van der Waals surface area contributed by atoms with Crippen molar-refractivity contribution in [3.63, 3.8) is 0 Å². The lowest BCUT2D eigenvalue weighted by Crippen LogP contribution is -2.21. The van der Waals surface area contributed by atoms with E-state index >= 15 is 0 Å². The van der Waals surface area contributed by atoms with E-state index in [1.165, 1.54) is 12.1 Å². The smallest absolute Gasteiger partial charge is 0.339 e. The second-order valence-corrected chi connectivity index (χ2v) is 6.16. The predicted molar refractivity (Wildman–Crippen MR) is 97.7 cm³/mol. The molecule has 0 bridgehead atoms. The molecule has 3 aromatic rings. The van der Waals surface area contributed by atoms with Crippen molar-refractivity contribution in [3.8, 4) is 5.82 Å². The molecule has 1 aromatic carbocycles. The zero-order chi connectivity index (χ0) is 20.3. The van der Waals surface area contributed by atoms with Crippen molar-refractivity contribution in [3.05, 3.63) is 53.9 Å². The number of aromatic nitrogens is 4. The molecule has 0 aliphatic rings. The highest BCUT2D eigenvalue weighted by atomic mass is 19.4. The average molecular weight is 390 g/mol. The molecule has 2 aromatic heterocycles. The van der Waals surface area contributed by atoms with Crippen LogP contribution in [0.15, 0.2) is 42.5 Å². The number of alkyl halides is 3. The van der Waals surface area contributed by atoms with Gasteiger partial charge in [-0.25, -0.2) is 4.68 Å². The fourth-order valence-electron chi connectivity index (χ4n) is 2.54. The van der Waals surface area contributed by atoms with Crippen LogP contribution in [0.5, 0.6) is 0 Å². The lowest BCUT2D eigenvalue weighted by molar-refractivity contribution is -0.150. The molecule has 0 radical (unpaired) electrons. The van der Waals surface area contributed by atoms with Crippen LogP contribution in [0.3, 0.4) is 0 Å². The van der Waals surface area contributed by atoms with Crippen LogP contribution in [-0.2, 0) is 4.79 Å². The first-order valence-electron chi connectivity index (χ1n) is 8.31. The number of aryl methyl sites for hydroxylation is 2. The fraction of sp³-hybridized carbons (Fsp3) is 0.222. The number of hydrogen-bond donors (Lipinski definition) is 2. The number of rotatable bonds is 5. The second-order valence-electron chi connectivity index (χ2n) is 6.16. The number of benzene rings is 1. The minimum atomic E-state index is -4.54. The molecule has 28 heavy (non-hydrogen) atoms. The van der Waals surface area contributed by atoms with E-state index in [0.29, 0.717) is 17.3 Å². The zero-order valence-electron chi connectivity index (χ0n) is 15.1. The third kappa shape index (κ3) is 5.06. The number of carbonyl (C=O) groups is 1. The molecule has 10 heteroatoms. The van der Waals surface area contributed by atoms with Crippen LogP contribution in [0.25, 0.3) is 5.82 Å². The largest absolute Gasteiger partial charge is 0.397 e. The lowest BCUT2D eigenvalue weighted by atomic mass is 10.2. The summed E-state index contributed by atoms with van der Waals surface area (Å²) in [4.78, 5) is 11.3. The van der Waals surface area contributed by atoms with Gasteiger partial charge in [-0.2, -0.15) is 18.3 Å². The summed E-state index contributed by atoms with van der Waals surface area (Å²) in [7, 11) is 0. The van der Waals surface area contributed by atoms with Gasteiger partial charge in [0.2, 0.25) is 5.91 Å². The highest BCUT2D eigenvalue weighted by Crippen LogP contribution is 2.22. The first-order valence-corrected chi connectivity index (χ1v) is 8.31. The monoisotopic (exact) mass is 390 g/mol. The summed E-state index contributed by atoms with van der Waals surface area (Å²) in [6.45, 7) is 3.81. The Morgan fingerprint density at radius 3 is 2.25 bits per heavy atom. The maximum atomic E-state index is 12.2. The molecule has 0 unspecified atom stereocenters. The Kier molecular flexibility index (Phi) is 5.30. The first kappa shape index (κ1) is 19.3. The quantitative estimate of drug-likeness (QED) is 0.690. The summed E-state index contributed by atoms with van der Waals surface area (Å²) in [5.74, 6) is -0.0446. The SMILES string of the molecule is Cc1cc(C)n(-c2ccc(Nc3ccc(NC(=O)CC(F)(F)F)cc3)nn2)n1. The number of halogens is 3. The normalized spacial score (nSPS) is 11.3. The first-order chi connectivity index (χ1) is 13.2. The maximum absolute atomic E-state index is 12.2. The summed E-state index contributed by atoms with van der Waals surface area (Å²) < 4.78 is 38.2. The number of anilines is 3. The summed E-state index contributed by atoms with van der Waals surface area (Å²) in [5.41, 5.74) is 2.73. The second kappa shape index (κ2) is 7.67. The molecular weight excluding hydrogens is 373 g/mol. The molecular formula is C18H17F3N6O. The summed E-state index contributed by atoms with van der Waals surface area (Å²) in [5, 5.41) is 17.8. The molecule has 0 atom stereocenters. The van der Waals surface area contributed by atoms with Gasteiger partial charge in [-0.15, -0.1) is 10.2 Å². The van der Waals surface area contributed by atoms with Crippen LogP contribution in [0, 0.1) is 13.8 Å². The van der Waals surface area contributed by atoms with Crippen molar-refractivity contribution in [1.29, 1.82) is 0 Å². The standard InChI is InChI=1S/C18H17F3N6O/c1-11-9-12(2)27(26-11)16-8-7-15(24-25-16)22-13-3-5-14(6-4-13)23-17(28)10-18(19,20)21/h3-9H,10H2,1-2H3,(H,22,24)(H,23,28). The van der Waals surface area contributed by atoms with E-state index in [9.17, 15) is 18.0 Å². The fourth-order valence-corrected chi connectivity index (χ4v) is 2.54. The maximum Gasteiger partial charge on any atom is 0.397 e. The van der Waals surface area contributed by atoms with Crippen molar-refractivity contribution < 1.29 is 18.0 Å². The Morgan fingerprint density at radius 1 is 1.04 bits per heavy atom. The van der Waals surface area contributed by atoms with Crippen molar-refractivity contribution in [1.82, 2.24) is 20.0 Å². The van der Waals surface area contributed by atoms with Crippen LogP contribution >= 0.6 is 0 Å². The Morgan fingerprint density at radius 2 is 1.71 bits per heavy atom. The number of carbonyl (C=O) groups excluding carboxylic acids is 1. The van der Waals surface area contributed by atoms with Crippen molar-refractivity contribution in [2.24, 2.45) is 0 Å². The van der Waals surface area contributed by atoms with E-state index in [0.717, 1.165) is 11.4 Å². The topological polar surface area (TPSA) is 84.7 Å². The molecule has 7 nitrogen and oxygen atoms in total. The number of nitrogens with zero attached hydrogens (tertiary/aromatic N) is 4. The molecule has 0 aliphatic carbocycles. The molecule has 0 saturated heterocycles. The van der Waals surface area contributed by atoms with Gasteiger partial charge >= 0.3 is 6.18 Å². The Balaban J connectivity index is 1.62. The van der Waals surface area contributed by atoms with E-state index in [-0.39, 0.29) is 5.69 Å². The Bertz CT molecular complexity index is 964. The number of nitrogens with one attached hydrogen (secondary N) is 2. The summed E-state index contributed by atoms with van der Waals surface area (Å²) in [6, 6.07) is 11.6. The van der Waals surface area contributed by atoms with Crippen molar-refractivity contribution in [2.75, 3.05) is 10.6 Å². The van der Waals surface area contributed by atoms with E-state index in [1.54, 1.807) is 28.9 Å². The van der Waals surface area contributed by atoms with Crippen LogP contribution in [0.2, 0.25) is 0 Å². The van der Waals surface area contributed by atoms with E-state index in [4.69, 9.17) is 0 Å². The molecule has 2 heterocycles. The van der Waals surface area contributed by atoms with E-state index < -0.39 is 18.5 Å². The predicted octanol–water partition coefficient (Wildman–Crippen LogP) is 3.91. The lowest BCUT2D eigenvalue weighted by Gasteiger charge is -2.09. The average Bonchev–Trinajstić information content (AvgIpc) is 2.94. The zero-order valence-corrected chi connectivity index (χ0v) is 15.1. The van der Waals surface area contributed by atoms with Gasteiger partial charge in [0, 0.05) is 17.1 Å².